The minimum absolute atomic E-state index is 0.948. The Morgan fingerprint density at radius 2 is 1.62 bits per heavy atom. The smallest absolute Gasteiger partial charge is 0.0634 e. The third-order valence-electron chi connectivity index (χ3n) is 5.20. The van der Waals surface area contributed by atoms with Crippen LogP contribution in [-0.2, 0) is 0 Å². The first-order valence-electron chi connectivity index (χ1n) is 8.91. The first-order chi connectivity index (χ1) is 12.8. The molecule has 0 atom stereocenters. The van der Waals surface area contributed by atoms with E-state index in [0.717, 1.165) is 17.7 Å². The van der Waals surface area contributed by atoms with Crippen molar-refractivity contribution in [3.05, 3.63) is 84.0 Å². The van der Waals surface area contributed by atoms with Crippen LogP contribution in [0.15, 0.2) is 88.6 Å². The predicted molar refractivity (Wildman–Crippen MR) is 113 cm³/mol. The minimum Gasteiger partial charge on any atom is -0.158 e. The second kappa shape index (κ2) is 5.92. The third-order valence-corrected chi connectivity index (χ3v) is 5.20. The van der Waals surface area contributed by atoms with Gasteiger partial charge in [-0.1, -0.05) is 72.8 Å². The lowest BCUT2D eigenvalue weighted by Gasteiger charge is -2.11. The third kappa shape index (κ3) is 2.34. The molecule has 0 unspecified atom stereocenters. The molecule has 0 aliphatic heterocycles. The average Bonchev–Trinajstić information content (AvgIpc) is 3.22. The van der Waals surface area contributed by atoms with Crippen LogP contribution in [0.3, 0.4) is 0 Å². The molecule has 1 aliphatic rings. The summed E-state index contributed by atoms with van der Waals surface area (Å²) < 4.78 is 0. The number of allylic oxidation sites excluding steroid dienone is 4. The zero-order valence-electron chi connectivity index (χ0n) is 14.6. The van der Waals surface area contributed by atoms with E-state index in [2.05, 4.69) is 83.0 Å². The number of rotatable bonds is 3. The van der Waals surface area contributed by atoms with Gasteiger partial charge in [0, 0.05) is 5.56 Å². The number of benzene rings is 4. The molecule has 0 bridgehead atoms. The fraction of sp³-hybridized carbons (Fsp3) is 0.0833. The Morgan fingerprint density at radius 1 is 0.885 bits per heavy atom. The lowest BCUT2D eigenvalue weighted by Crippen LogP contribution is -1.94. The molecular formula is C24H18N2. The molecule has 4 aromatic carbocycles. The molecule has 2 nitrogen and oxygen atoms in total. The van der Waals surface area contributed by atoms with E-state index in [9.17, 15) is 0 Å². The fourth-order valence-corrected chi connectivity index (χ4v) is 3.83. The second-order valence-corrected chi connectivity index (χ2v) is 6.76. The molecule has 0 spiro atoms. The number of hydrogen-bond donors (Lipinski definition) is 0. The van der Waals surface area contributed by atoms with Gasteiger partial charge in [-0.15, -0.1) is 0 Å². The van der Waals surface area contributed by atoms with E-state index in [4.69, 9.17) is 0 Å². The number of nitrogens with zero attached hydrogens (tertiary/aromatic N) is 2. The van der Waals surface area contributed by atoms with Crippen molar-refractivity contribution in [3.8, 4) is 0 Å². The van der Waals surface area contributed by atoms with Crippen LogP contribution in [0, 0.1) is 0 Å². The summed E-state index contributed by atoms with van der Waals surface area (Å²) in [6, 6.07) is 19.6. The fourth-order valence-electron chi connectivity index (χ4n) is 3.83. The van der Waals surface area contributed by atoms with Gasteiger partial charge in [0.25, 0.3) is 0 Å². The zero-order chi connectivity index (χ0) is 17.5. The molecule has 0 saturated carbocycles. The van der Waals surface area contributed by atoms with E-state index in [1.807, 2.05) is 13.1 Å². The van der Waals surface area contributed by atoms with Crippen molar-refractivity contribution in [1.82, 2.24) is 0 Å². The van der Waals surface area contributed by atoms with Crippen molar-refractivity contribution in [3.63, 3.8) is 0 Å². The molecule has 0 radical (unpaired) electrons. The van der Waals surface area contributed by atoms with E-state index in [1.165, 1.54) is 37.9 Å². The molecule has 0 N–H and O–H groups in total. The van der Waals surface area contributed by atoms with Gasteiger partial charge in [-0.25, -0.2) is 0 Å². The van der Waals surface area contributed by atoms with Crippen LogP contribution in [0.25, 0.3) is 32.3 Å². The quantitative estimate of drug-likeness (QED) is 0.240. The Morgan fingerprint density at radius 3 is 2.38 bits per heavy atom. The van der Waals surface area contributed by atoms with Crippen LogP contribution in [0.1, 0.15) is 18.9 Å². The summed E-state index contributed by atoms with van der Waals surface area (Å²) in [4.78, 5) is 0. The number of hydrogen-bond acceptors (Lipinski definition) is 2. The maximum atomic E-state index is 4.39. The monoisotopic (exact) mass is 334 g/mol. The Labute approximate surface area is 152 Å². The van der Waals surface area contributed by atoms with Crippen LogP contribution in [0.5, 0.6) is 0 Å². The summed E-state index contributed by atoms with van der Waals surface area (Å²) in [6.07, 6.45) is 9.13. The summed E-state index contributed by atoms with van der Waals surface area (Å²) in [6.45, 7) is 2.01. The molecule has 124 valence electrons. The van der Waals surface area contributed by atoms with Gasteiger partial charge in [0.2, 0.25) is 0 Å². The maximum Gasteiger partial charge on any atom is 0.0634 e. The highest BCUT2D eigenvalue weighted by Gasteiger charge is 2.09. The summed E-state index contributed by atoms with van der Waals surface area (Å²) in [7, 11) is 0. The van der Waals surface area contributed by atoms with Crippen molar-refractivity contribution in [2.75, 3.05) is 0 Å². The average molecular weight is 334 g/mol. The molecule has 0 amide bonds. The summed E-state index contributed by atoms with van der Waals surface area (Å²) in [5.41, 5.74) is 3.31. The van der Waals surface area contributed by atoms with Gasteiger partial charge in [0.05, 0.1) is 11.9 Å². The highest BCUT2D eigenvalue weighted by Crippen LogP contribution is 2.35. The first-order valence-corrected chi connectivity index (χ1v) is 8.91. The van der Waals surface area contributed by atoms with E-state index >= 15 is 0 Å². The Kier molecular flexibility index (Phi) is 3.42. The second-order valence-electron chi connectivity index (χ2n) is 6.76. The summed E-state index contributed by atoms with van der Waals surface area (Å²) >= 11 is 0. The predicted octanol–water partition coefficient (Wildman–Crippen LogP) is 6.27. The SMILES string of the molecule is C/C(=N\N=C\c1ccc2ccc3cccc4ccc1c2c34)C1=CC=CC1. The Balaban J connectivity index is 1.64. The zero-order valence-corrected chi connectivity index (χ0v) is 14.6. The van der Waals surface area contributed by atoms with Gasteiger partial charge in [0.1, 0.15) is 0 Å². The van der Waals surface area contributed by atoms with Gasteiger partial charge >= 0.3 is 0 Å². The molecule has 2 heteroatoms. The van der Waals surface area contributed by atoms with E-state index in [-0.39, 0.29) is 0 Å². The van der Waals surface area contributed by atoms with E-state index in [0.29, 0.717) is 0 Å². The van der Waals surface area contributed by atoms with Crippen LogP contribution in [0.4, 0.5) is 0 Å². The van der Waals surface area contributed by atoms with Crippen LogP contribution < -0.4 is 0 Å². The molecule has 0 fully saturated rings. The van der Waals surface area contributed by atoms with Gasteiger partial charge in [-0.05, 0) is 51.2 Å². The standard InChI is InChI=1S/C24H18N2/c1-16(17-5-2-3-6-17)26-25-15-21-12-11-20-10-9-18-7-4-8-19-13-14-22(21)24(20)23(18)19/h2-5,7-15H,6H2,1H3/b25-15+,26-16+. The van der Waals surface area contributed by atoms with Crippen molar-refractivity contribution in [2.24, 2.45) is 10.2 Å². The van der Waals surface area contributed by atoms with E-state index < -0.39 is 0 Å². The maximum absolute atomic E-state index is 4.39. The largest absolute Gasteiger partial charge is 0.158 e. The van der Waals surface area contributed by atoms with Crippen LogP contribution >= 0.6 is 0 Å². The summed E-state index contributed by atoms with van der Waals surface area (Å²) in [5, 5.41) is 16.5. The van der Waals surface area contributed by atoms with Gasteiger partial charge < -0.3 is 0 Å². The Bertz CT molecular complexity index is 1240. The van der Waals surface area contributed by atoms with Crippen molar-refractivity contribution in [1.29, 1.82) is 0 Å². The molecule has 0 heterocycles. The lowest BCUT2D eigenvalue weighted by atomic mass is 9.92. The van der Waals surface area contributed by atoms with Gasteiger partial charge in [0.15, 0.2) is 0 Å². The van der Waals surface area contributed by atoms with Crippen molar-refractivity contribution >= 4 is 44.2 Å². The molecule has 0 aromatic heterocycles. The highest BCUT2D eigenvalue weighted by molar-refractivity contribution is 6.25. The van der Waals surface area contributed by atoms with Crippen molar-refractivity contribution < 1.29 is 0 Å². The van der Waals surface area contributed by atoms with Gasteiger partial charge in [-0.2, -0.15) is 10.2 Å². The molecule has 26 heavy (non-hydrogen) atoms. The lowest BCUT2D eigenvalue weighted by molar-refractivity contribution is 1.22. The van der Waals surface area contributed by atoms with Gasteiger partial charge in [-0.3, -0.25) is 0 Å². The molecule has 0 saturated heterocycles. The summed E-state index contributed by atoms with van der Waals surface area (Å²) in [5.74, 6) is 0. The molecule has 1 aliphatic carbocycles. The highest BCUT2D eigenvalue weighted by atomic mass is 15.2. The molecular weight excluding hydrogens is 316 g/mol. The van der Waals surface area contributed by atoms with Crippen LogP contribution in [0.2, 0.25) is 0 Å². The Hall–Kier alpha value is -3.26. The molecule has 5 rings (SSSR count). The van der Waals surface area contributed by atoms with E-state index in [1.54, 1.807) is 0 Å². The van der Waals surface area contributed by atoms with Crippen LogP contribution in [-0.4, -0.2) is 11.9 Å². The normalized spacial score (nSPS) is 15.1. The minimum atomic E-state index is 0.948. The first kappa shape index (κ1) is 15.0. The van der Waals surface area contributed by atoms with Crippen molar-refractivity contribution in [2.45, 2.75) is 13.3 Å². The molecule has 4 aromatic rings. The topological polar surface area (TPSA) is 24.7 Å².